The van der Waals surface area contributed by atoms with Gasteiger partial charge in [-0.1, -0.05) is 0 Å². The first-order valence-corrected chi connectivity index (χ1v) is 7.81. The fourth-order valence-electron chi connectivity index (χ4n) is 1.96. The number of aliphatic hydroxyl groups is 3. The molecule has 3 N–H and O–H groups in total. The van der Waals surface area contributed by atoms with E-state index in [1.165, 1.54) is 0 Å². The number of carbonyl (C=O) groups is 1. The standard InChI is InChI=1S/C12H16O6Se/c1-2-17-12(16)6-3-8(19-5-6)11-10(15)9(14)7(4-13)18-11/h3,5,7,9-11,13-15H,2,4H2,1H3/t7-,9-,10-,11+/m1/s1. The molecule has 7 heteroatoms. The van der Waals surface area contributed by atoms with E-state index in [-0.39, 0.29) is 21.1 Å². The average molecular weight is 335 g/mol. The molecule has 6 nitrogen and oxygen atoms in total. The zero-order valence-electron chi connectivity index (χ0n) is 10.4. The van der Waals surface area contributed by atoms with E-state index in [0.29, 0.717) is 12.2 Å². The van der Waals surface area contributed by atoms with Gasteiger partial charge in [-0.15, -0.1) is 0 Å². The predicted molar refractivity (Wildman–Crippen MR) is 66.1 cm³/mol. The van der Waals surface area contributed by atoms with Crippen LogP contribution in [0, 0.1) is 0 Å². The van der Waals surface area contributed by atoms with E-state index in [1.54, 1.807) is 17.9 Å². The Balaban J connectivity index is 2.13. The number of ether oxygens (including phenoxy) is 2. The molecule has 1 aromatic heterocycles. The van der Waals surface area contributed by atoms with Crippen LogP contribution in [0.15, 0.2) is 11.0 Å². The van der Waals surface area contributed by atoms with Crippen molar-refractivity contribution in [1.82, 2.24) is 0 Å². The summed E-state index contributed by atoms with van der Waals surface area (Å²) in [6.07, 6.45) is -3.66. The van der Waals surface area contributed by atoms with Crippen LogP contribution >= 0.6 is 0 Å². The molecular weight excluding hydrogens is 319 g/mol. The van der Waals surface area contributed by atoms with Crippen LogP contribution in [0.25, 0.3) is 0 Å². The fourth-order valence-corrected chi connectivity index (χ4v) is 3.95. The van der Waals surface area contributed by atoms with Gasteiger partial charge in [-0.3, -0.25) is 0 Å². The van der Waals surface area contributed by atoms with Crippen LogP contribution in [-0.4, -0.2) is 67.3 Å². The average Bonchev–Trinajstić information content (AvgIpc) is 2.97. The van der Waals surface area contributed by atoms with Gasteiger partial charge in [-0.25, -0.2) is 0 Å². The SMILES string of the molecule is CCOC(=O)c1c[se]c([C@@H]2O[C@H](CO)[C@@H](O)[C@H]2O)c1. The third kappa shape index (κ3) is 2.91. The van der Waals surface area contributed by atoms with Gasteiger partial charge in [-0.05, 0) is 0 Å². The van der Waals surface area contributed by atoms with Gasteiger partial charge in [0.2, 0.25) is 0 Å². The van der Waals surface area contributed by atoms with E-state index < -0.39 is 30.4 Å². The molecular formula is C12H16O6Se. The molecule has 0 aliphatic carbocycles. The Hall–Kier alpha value is -0.691. The Kier molecular flexibility index (Phi) is 4.78. The molecule has 1 saturated heterocycles. The van der Waals surface area contributed by atoms with E-state index in [1.807, 2.05) is 0 Å². The minimum atomic E-state index is -1.11. The summed E-state index contributed by atoms with van der Waals surface area (Å²) in [5.41, 5.74) is 0.453. The number of hydrogen-bond acceptors (Lipinski definition) is 6. The van der Waals surface area contributed by atoms with Crippen molar-refractivity contribution in [2.75, 3.05) is 13.2 Å². The molecule has 0 saturated carbocycles. The zero-order chi connectivity index (χ0) is 14.0. The van der Waals surface area contributed by atoms with Crippen molar-refractivity contribution >= 4 is 20.5 Å². The van der Waals surface area contributed by atoms with Gasteiger partial charge in [0.05, 0.1) is 0 Å². The van der Waals surface area contributed by atoms with Gasteiger partial charge >= 0.3 is 116 Å². The van der Waals surface area contributed by atoms with Crippen molar-refractivity contribution in [3.63, 3.8) is 0 Å². The van der Waals surface area contributed by atoms with E-state index in [0.717, 1.165) is 4.44 Å². The molecule has 1 aliphatic rings. The van der Waals surface area contributed by atoms with Gasteiger partial charge < -0.3 is 0 Å². The molecule has 1 aromatic rings. The molecule has 0 bridgehead atoms. The Bertz CT molecular complexity index is 445. The maximum absolute atomic E-state index is 11.6. The topological polar surface area (TPSA) is 96.2 Å². The second-order valence-corrected chi connectivity index (χ2v) is 6.20. The molecule has 19 heavy (non-hydrogen) atoms. The Morgan fingerprint density at radius 1 is 1.47 bits per heavy atom. The van der Waals surface area contributed by atoms with Crippen molar-refractivity contribution in [2.45, 2.75) is 31.3 Å². The summed E-state index contributed by atoms with van der Waals surface area (Å²) in [4.78, 5) is 13.3. The monoisotopic (exact) mass is 336 g/mol. The van der Waals surface area contributed by atoms with Crippen LogP contribution in [0.5, 0.6) is 0 Å². The van der Waals surface area contributed by atoms with Crippen molar-refractivity contribution in [2.24, 2.45) is 0 Å². The molecule has 1 fully saturated rings. The molecule has 0 amide bonds. The first-order valence-electron chi connectivity index (χ1n) is 5.96. The summed E-state index contributed by atoms with van der Waals surface area (Å²) in [6, 6.07) is 1.64. The van der Waals surface area contributed by atoms with Crippen LogP contribution < -0.4 is 0 Å². The maximum atomic E-state index is 11.6. The molecule has 106 valence electrons. The molecule has 0 spiro atoms. The van der Waals surface area contributed by atoms with Crippen LogP contribution in [0.2, 0.25) is 0 Å². The molecule has 4 atom stereocenters. The summed E-state index contributed by atoms with van der Waals surface area (Å²) in [6.45, 7) is 1.68. The van der Waals surface area contributed by atoms with Crippen LogP contribution in [-0.2, 0) is 9.47 Å². The molecule has 0 aromatic carbocycles. The Labute approximate surface area is 116 Å². The summed E-state index contributed by atoms with van der Waals surface area (Å²) < 4.78 is 11.1. The number of rotatable bonds is 4. The van der Waals surface area contributed by atoms with Crippen LogP contribution in [0.1, 0.15) is 27.8 Å². The van der Waals surface area contributed by atoms with Crippen molar-refractivity contribution in [1.29, 1.82) is 0 Å². The van der Waals surface area contributed by atoms with Gasteiger partial charge in [0.15, 0.2) is 0 Å². The van der Waals surface area contributed by atoms with Crippen LogP contribution in [0.3, 0.4) is 0 Å². The number of aliphatic hydroxyl groups excluding tert-OH is 3. The molecule has 1 aliphatic heterocycles. The summed E-state index contributed by atoms with van der Waals surface area (Å²) in [7, 11) is 0. The summed E-state index contributed by atoms with van der Waals surface area (Å²) in [5, 5.41) is 28.6. The van der Waals surface area contributed by atoms with Crippen molar-refractivity contribution < 1.29 is 29.6 Å². The Morgan fingerprint density at radius 3 is 2.79 bits per heavy atom. The van der Waals surface area contributed by atoms with Crippen molar-refractivity contribution in [3.8, 4) is 0 Å². The normalized spacial score (nSPS) is 30.5. The quantitative estimate of drug-likeness (QED) is 0.486. The van der Waals surface area contributed by atoms with Gasteiger partial charge in [0, 0.05) is 0 Å². The second kappa shape index (κ2) is 6.17. The Morgan fingerprint density at radius 2 is 2.21 bits per heavy atom. The van der Waals surface area contributed by atoms with Crippen LogP contribution in [0.4, 0.5) is 0 Å². The molecule has 0 radical (unpaired) electrons. The van der Waals surface area contributed by atoms with E-state index in [4.69, 9.17) is 14.6 Å². The second-order valence-electron chi connectivity index (χ2n) is 4.22. The first kappa shape index (κ1) is 14.7. The van der Waals surface area contributed by atoms with E-state index in [2.05, 4.69) is 0 Å². The number of carbonyl (C=O) groups excluding carboxylic acids is 1. The first-order chi connectivity index (χ1) is 9.08. The van der Waals surface area contributed by atoms with Gasteiger partial charge in [0.1, 0.15) is 0 Å². The third-order valence-electron chi connectivity index (χ3n) is 2.95. The number of esters is 1. The number of hydrogen-bond donors (Lipinski definition) is 3. The molecule has 0 unspecified atom stereocenters. The van der Waals surface area contributed by atoms with E-state index >= 15 is 0 Å². The zero-order valence-corrected chi connectivity index (χ0v) is 12.1. The minimum absolute atomic E-state index is 0.127. The molecule has 2 rings (SSSR count). The van der Waals surface area contributed by atoms with Crippen molar-refractivity contribution in [3.05, 3.63) is 21.0 Å². The third-order valence-corrected chi connectivity index (χ3v) is 5.04. The fraction of sp³-hybridized carbons (Fsp3) is 0.583. The summed E-state index contributed by atoms with van der Waals surface area (Å²) in [5.74, 6) is -0.397. The predicted octanol–water partition coefficient (Wildman–Crippen LogP) is -0.926. The van der Waals surface area contributed by atoms with Gasteiger partial charge in [0.25, 0.3) is 0 Å². The molecule has 2 heterocycles. The van der Waals surface area contributed by atoms with Gasteiger partial charge in [-0.2, -0.15) is 0 Å². The summed E-state index contributed by atoms with van der Waals surface area (Å²) >= 11 is -0.127. The van der Waals surface area contributed by atoms with E-state index in [9.17, 15) is 15.0 Å².